The Labute approximate surface area is 127 Å². The molecule has 0 unspecified atom stereocenters. The van der Waals surface area contributed by atoms with Gasteiger partial charge < -0.3 is 4.98 Å². The van der Waals surface area contributed by atoms with Gasteiger partial charge in [0.1, 0.15) is 0 Å². The number of aryl methyl sites for hydroxylation is 1. The fourth-order valence-corrected chi connectivity index (χ4v) is 2.33. The Hall–Kier alpha value is -2.94. The molecule has 1 aromatic heterocycles. The van der Waals surface area contributed by atoms with Gasteiger partial charge in [0.2, 0.25) is 0 Å². The molecule has 0 saturated heterocycles. The summed E-state index contributed by atoms with van der Waals surface area (Å²) in [6.45, 7) is 2.00. The Morgan fingerprint density at radius 1 is 1.05 bits per heavy atom. The molecule has 0 radical (unpaired) electrons. The van der Waals surface area contributed by atoms with Gasteiger partial charge in [-0.05, 0) is 42.7 Å². The van der Waals surface area contributed by atoms with Crippen molar-refractivity contribution in [1.29, 1.82) is 0 Å². The summed E-state index contributed by atoms with van der Waals surface area (Å²) < 4.78 is 0. The van der Waals surface area contributed by atoms with Gasteiger partial charge in [-0.1, -0.05) is 42.0 Å². The highest BCUT2D eigenvalue weighted by Gasteiger charge is 2.03. The van der Waals surface area contributed by atoms with E-state index < -0.39 is 0 Å². The largest absolute Gasteiger partial charge is 0.321 e. The third kappa shape index (κ3) is 2.88. The zero-order chi connectivity index (χ0) is 15.5. The molecule has 2 aromatic carbocycles. The van der Waals surface area contributed by atoms with Crippen molar-refractivity contribution in [2.24, 2.45) is 0 Å². The Morgan fingerprint density at radius 2 is 1.82 bits per heavy atom. The average molecular weight is 289 g/mol. The van der Waals surface area contributed by atoms with Crippen LogP contribution in [0.4, 0.5) is 0 Å². The average Bonchev–Trinajstić information content (AvgIpc) is 2.54. The lowest BCUT2D eigenvalue weighted by Crippen LogP contribution is -2.09. The number of carbonyl (C=O) groups excluding carboxylic acids is 1. The van der Waals surface area contributed by atoms with E-state index >= 15 is 0 Å². The molecule has 3 aromatic rings. The molecule has 0 bridgehead atoms. The number of carbonyl (C=O) groups is 1. The van der Waals surface area contributed by atoms with Crippen molar-refractivity contribution in [3.63, 3.8) is 0 Å². The molecular weight excluding hydrogens is 274 g/mol. The van der Waals surface area contributed by atoms with Gasteiger partial charge in [-0.25, -0.2) is 0 Å². The highest BCUT2D eigenvalue weighted by Crippen LogP contribution is 2.14. The monoisotopic (exact) mass is 289 g/mol. The number of fused-ring (bicyclic) bond motifs is 1. The van der Waals surface area contributed by atoms with Gasteiger partial charge in [-0.3, -0.25) is 9.59 Å². The number of H-pyrrole nitrogens is 1. The van der Waals surface area contributed by atoms with E-state index in [9.17, 15) is 9.59 Å². The molecule has 22 heavy (non-hydrogen) atoms. The standard InChI is InChI=1S/C19H15NO2/c1-13-7-9-17-16(11-13)12-15(19(22)20-17)8-10-18(21)14-5-3-2-4-6-14/h2-12H,1H3,(H,20,22)/b10-8+. The summed E-state index contributed by atoms with van der Waals surface area (Å²) in [5.41, 5.74) is 2.79. The van der Waals surface area contributed by atoms with Crippen LogP contribution in [0.3, 0.4) is 0 Å². The summed E-state index contributed by atoms with van der Waals surface area (Å²) in [5.74, 6) is -0.121. The minimum atomic E-state index is -0.200. The Bertz CT molecular complexity index is 921. The summed E-state index contributed by atoms with van der Waals surface area (Å²) >= 11 is 0. The van der Waals surface area contributed by atoms with Crippen molar-refractivity contribution in [2.45, 2.75) is 6.92 Å². The van der Waals surface area contributed by atoms with E-state index in [2.05, 4.69) is 4.98 Å². The number of rotatable bonds is 3. The SMILES string of the molecule is Cc1ccc2[nH]c(=O)c(/C=C/C(=O)c3ccccc3)cc2c1. The van der Waals surface area contributed by atoms with Crippen LogP contribution in [0.5, 0.6) is 0 Å². The highest BCUT2D eigenvalue weighted by molar-refractivity contribution is 6.06. The molecule has 0 spiro atoms. The molecule has 0 atom stereocenters. The molecule has 0 amide bonds. The number of nitrogens with one attached hydrogen (secondary N) is 1. The van der Waals surface area contributed by atoms with E-state index in [1.807, 2.05) is 43.3 Å². The van der Waals surface area contributed by atoms with Crippen LogP contribution in [-0.4, -0.2) is 10.8 Å². The number of pyridine rings is 1. The first kappa shape index (κ1) is 14.0. The predicted octanol–water partition coefficient (Wildman–Crippen LogP) is 3.73. The number of hydrogen-bond donors (Lipinski definition) is 1. The van der Waals surface area contributed by atoms with Crippen molar-refractivity contribution < 1.29 is 4.79 Å². The summed E-state index contributed by atoms with van der Waals surface area (Å²) in [6.07, 6.45) is 3.00. The Morgan fingerprint density at radius 3 is 2.59 bits per heavy atom. The van der Waals surface area contributed by atoms with Crippen LogP contribution in [0, 0.1) is 6.92 Å². The molecule has 1 N–H and O–H groups in total. The normalized spacial score (nSPS) is 11.1. The zero-order valence-corrected chi connectivity index (χ0v) is 12.2. The number of aromatic amines is 1. The highest BCUT2D eigenvalue weighted by atomic mass is 16.1. The summed E-state index contributed by atoms with van der Waals surface area (Å²) in [7, 11) is 0. The molecule has 0 fully saturated rings. The second-order valence-corrected chi connectivity index (χ2v) is 5.21. The minimum Gasteiger partial charge on any atom is -0.321 e. The predicted molar refractivity (Wildman–Crippen MR) is 89.1 cm³/mol. The molecule has 3 heteroatoms. The van der Waals surface area contributed by atoms with Gasteiger partial charge in [-0.15, -0.1) is 0 Å². The molecule has 0 aliphatic heterocycles. The summed E-state index contributed by atoms with van der Waals surface area (Å²) in [6, 6.07) is 16.6. The summed E-state index contributed by atoms with van der Waals surface area (Å²) in [5, 5.41) is 0.950. The molecule has 108 valence electrons. The van der Waals surface area contributed by atoms with Gasteiger partial charge in [0.05, 0.1) is 0 Å². The number of aromatic nitrogens is 1. The van der Waals surface area contributed by atoms with E-state index in [1.54, 1.807) is 24.3 Å². The van der Waals surface area contributed by atoms with Crippen LogP contribution < -0.4 is 5.56 Å². The fraction of sp³-hybridized carbons (Fsp3) is 0.0526. The van der Waals surface area contributed by atoms with E-state index in [1.165, 1.54) is 6.08 Å². The third-order valence-electron chi connectivity index (χ3n) is 3.50. The van der Waals surface area contributed by atoms with Gasteiger partial charge in [0, 0.05) is 16.6 Å². The number of allylic oxidation sites excluding steroid dienone is 1. The molecule has 0 saturated carbocycles. The number of ketones is 1. The second kappa shape index (κ2) is 5.82. The fourth-order valence-electron chi connectivity index (χ4n) is 2.33. The zero-order valence-electron chi connectivity index (χ0n) is 12.2. The lowest BCUT2D eigenvalue weighted by Gasteiger charge is -2.01. The quantitative estimate of drug-likeness (QED) is 0.590. The van der Waals surface area contributed by atoms with E-state index in [4.69, 9.17) is 0 Å². The molecule has 0 aliphatic rings. The molecule has 3 nitrogen and oxygen atoms in total. The number of hydrogen-bond acceptors (Lipinski definition) is 2. The van der Waals surface area contributed by atoms with Crippen molar-refractivity contribution in [3.05, 3.63) is 87.7 Å². The van der Waals surface area contributed by atoms with Gasteiger partial charge in [0.15, 0.2) is 5.78 Å². The Balaban J connectivity index is 1.96. The van der Waals surface area contributed by atoms with Crippen LogP contribution >= 0.6 is 0 Å². The van der Waals surface area contributed by atoms with Crippen molar-refractivity contribution in [3.8, 4) is 0 Å². The van der Waals surface area contributed by atoms with E-state index in [0.717, 1.165) is 16.5 Å². The van der Waals surface area contributed by atoms with Crippen molar-refractivity contribution in [1.82, 2.24) is 4.98 Å². The van der Waals surface area contributed by atoms with Crippen LogP contribution in [0.25, 0.3) is 17.0 Å². The Kier molecular flexibility index (Phi) is 3.71. The van der Waals surface area contributed by atoms with E-state index in [-0.39, 0.29) is 11.3 Å². The lowest BCUT2D eigenvalue weighted by atomic mass is 10.1. The van der Waals surface area contributed by atoms with Gasteiger partial charge in [-0.2, -0.15) is 0 Å². The molecule has 3 rings (SSSR count). The topological polar surface area (TPSA) is 49.9 Å². The third-order valence-corrected chi connectivity index (χ3v) is 3.50. The van der Waals surface area contributed by atoms with Crippen LogP contribution in [-0.2, 0) is 0 Å². The van der Waals surface area contributed by atoms with Crippen molar-refractivity contribution in [2.75, 3.05) is 0 Å². The lowest BCUT2D eigenvalue weighted by molar-refractivity contribution is 0.104. The first-order chi connectivity index (χ1) is 10.6. The van der Waals surface area contributed by atoms with Crippen LogP contribution in [0.15, 0.2) is 65.5 Å². The molecule has 1 heterocycles. The van der Waals surface area contributed by atoms with Crippen molar-refractivity contribution >= 4 is 22.8 Å². The maximum atomic E-state index is 12.0. The second-order valence-electron chi connectivity index (χ2n) is 5.21. The smallest absolute Gasteiger partial charge is 0.255 e. The van der Waals surface area contributed by atoms with Gasteiger partial charge in [0.25, 0.3) is 5.56 Å². The number of benzene rings is 2. The van der Waals surface area contributed by atoms with Crippen LogP contribution in [0.2, 0.25) is 0 Å². The first-order valence-electron chi connectivity index (χ1n) is 7.04. The van der Waals surface area contributed by atoms with Gasteiger partial charge >= 0.3 is 0 Å². The minimum absolute atomic E-state index is 0.121. The first-order valence-corrected chi connectivity index (χ1v) is 7.04. The van der Waals surface area contributed by atoms with Crippen LogP contribution in [0.1, 0.15) is 21.5 Å². The summed E-state index contributed by atoms with van der Waals surface area (Å²) in [4.78, 5) is 26.9. The maximum Gasteiger partial charge on any atom is 0.255 e. The van der Waals surface area contributed by atoms with E-state index in [0.29, 0.717) is 11.1 Å². The maximum absolute atomic E-state index is 12.0. The molecule has 0 aliphatic carbocycles. The molecular formula is C19H15NO2.